The summed E-state index contributed by atoms with van der Waals surface area (Å²) in [7, 11) is 11.4. The van der Waals surface area contributed by atoms with E-state index >= 15 is 0 Å². The lowest BCUT2D eigenvalue weighted by Crippen LogP contribution is -2.11. The molecule has 68 heavy (non-hydrogen) atoms. The van der Waals surface area contributed by atoms with Crippen LogP contribution in [0.25, 0.3) is 24.3 Å². The number of allylic oxidation sites excluding steroid dienone is 3. The molecule has 2 unspecified atom stereocenters. The predicted molar refractivity (Wildman–Crippen MR) is 296 cm³/mol. The van der Waals surface area contributed by atoms with Crippen LogP contribution in [0.15, 0.2) is 83.9 Å². The number of methoxy groups -OCH3 is 6. The van der Waals surface area contributed by atoms with E-state index in [2.05, 4.69) is 89.3 Å². The molecule has 0 aliphatic carbocycles. The topological polar surface area (TPSA) is 83.1 Å². The third kappa shape index (κ3) is 29.5. The quantitative estimate of drug-likeness (QED) is 0.0589. The van der Waals surface area contributed by atoms with Gasteiger partial charge in [0, 0.05) is 14.2 Å². The summed E-state index contributed by atoms with van der Waals surface area (Å²) in [4.78, 5) is 0. The Balaban J connectivity index is -0.000000584. The lowest BCUT2D eigenvalue weighted by atomic mass is 10.1. The molecular formula is C59H98O9. The van der Waals surface area contributed by atoms with Gasteiger partial charge < -0.3 is 42.6 Å². The number of hydrogen-bond donors (Lipinski definition) is 0. The van der Waals surface area contributed by atoms with Crippen LogP contribution in [0.2, 0.25) is 0 Å². The van der Waals surface area contributed by atoms with E-state index in [9.17, 15) is 0 Å². The molecule has 0 bridgehead atoms. The fourth-order valence-electron chi connectivity index (χ4n) is 4.99. The Morgan fingerprint density at radius 1 is 0.529 bits per heavy atom. The molecule has 3 aromatic carbocycles. The highest BCUT2D eigenvalue weighted by Crippen LogP contribution is 2.41. The van der Waals surface area contributed by atoms with Gasteiger partial charge in [0.15, 0.2) is 34.5 Å². The van der Waals surface area contributed by atoms with Crippen LogP contribution in [0.3, 0.4) is 0 Å². The Morgan fingerprint density at radius 3 is 1.16 bits per heavy atom. The molecule has 0 N–H and O–H groups in total. The summed E-state index contributed by atoms with van der Waals surface area (Å²) in [6, 6.07) is 16.1. The van der Waals surface area contributed by atoms with E-state index < -0.39 is 0 Å². The molecule has 2 atom stereocenters. The first-order valence-electron chi connectivity index (χ1n) is 24.6. The van der Waals surface area contributed by atoms with Gasteiger partial charge >= 0.3 is 0 Å². The monoisotopic (exact) mass is 951 g/mol. The number of hydrogen-bond acceptors (Lipinski definition) is 9. The highest BCUT2D eigenvalue weighted by Gasteiger charge is 2.17. The van der Waals surface area contributed by atoms with Gasteiger partial charge in [0.1, 0.15) is 0 Å². The predicted octanol–water partition coefficient (Wildman–Crippen LogP) is 17.4. The molecule has 0 amide bonds. The van der Waals surface area contributed by atoms with Gasteiger partial charge in [-0.05, 0) is 112 Å². The SMILES string of the molecule is C=C(C)/C=C(/OC)C(OC(C)CC)=C(C)C.CC.CC.CC.CCCC.CCCOc1c(OC)cc(/C=C/c2ccc(/C=C/c3cc(OC)c(OC(C)CC)c(OC)c3)cc2)cc1OC.COC. The molecule has 0 aliphatic heterocycles. The van der Waals surface area contributed by atoms with Crippen LogP contribution >= 0.6 is 0 Å². The summed E-state index contributed by atoms with van der Waals surface area (Å²) >= 11 is 0. The molecule has 0 heterocycles. The Morgan fingerprint density at radius 2 is 0.882 bits per heavy atom. The lowest BCUT2D eigenvalue weighted by Gasteiger charge is -2.19. The maximum Gasteiger partial charge on any atom is 0.203 e. The fourth-order valence-corrected chi connectivity index (χ4v) is 4.99. The van der Waals surface area contributed by atoms with Crippen molar-refractivity contribution in [3.8, 4) is 34.5 Å². The Hall–Kier alpha value is -5.28. The van der Waals surface area contributed by atoms with Gasteiger partial charge in [-0.2, -0.15) is 0 Å². The number of benzene rings is 3. The van der Waals surface area contributed by atoms with Crippen molar-refractivity contribution in [3.63, 3.8) is 0 Å². The zero-order chi connectivity index (χ0) is 53.0. The van der Waals surface area contributed by atoms with Crippen molar-refractivity contribution >= 4 is 24.3 Å². The normalized spacial score (nSPS) is 10.9. The standard InChI is InChI=1S/C33H40O6.C14H24O2.C4H10.C2H6O.3C2H6/c1-8-18-38-32-28(34-4)19-26(20-29(32)35-5)16-14-24-10-12-25(13-11-24)15-17-27-21-30(36-6)33(31(22-27)37-7)39-23(3)9-2;1-8-12(6)16-14(11(4)5)13(15-7)9-10(2)3;1-3-4-2;1-3-2;3*1-2/h10-17,19-23H,8-9,18H2,1-7H3;9,12H,2,8H2,1,3-7H3;3-4H2,1-2H3;1-2H3;3*1-2H3/b16-14+,17-15+;13-9+;;;;;. The van der Waals surface area contributed by atoms with Gasteiger partial charge in [0.05, 0.1) is 54.4 Å². The van der Waals surface area contributed by atoms with Crippen LogP contribution in [0.5, 0.6) is 34.5 Å². The maximum atomic E-state index is 6.04. The minimum absolute atomic E-state index is 0.0602. The Kier molecular flexibility index (Phi) is 46.4. The smallest absolute Gasteiger partial charge is 0.203 e. The fraction of sp³-hybridized carbons (Fsp3) is 0.525. The van der Waals surface area contributed by atoms with Gasteiger partial charge in [-0.15, -0.1) is 0 Å². The van der Waals surface area contributed by atoms with E-state index in [1.165, 1.54) is 12.8 Å². The van der Waals surface area contributed by atoms with Gasteiger partial charge in [-0.25, -0.2) is 0 Å². The Bertz CT molecular complexity index is 1760. The second kappa shape index (κ2) is 45.5. The lowest BCUT2D eigenvalue weighted by molar-refractivity contribution is 0.109. The first-order chi connectivity index (χ1) is 32.7. The van der Waals surface area contributed by atoms with Crippen LogP contribution < -0.4 is 28.4 Å². The number of unbranched alkanes of at least 4 members (excludes halogenated alkanes) is 1. The summed E-state index contributed by atoms with van der Waals surface area (Å²) in [5.41, 5.74) is 6.12. The molecular weight excluding hydrogens is 853 g/mol. The van der Waals surface area contributed by atoms with Gasteiger partial charge in [0.25, 0.3) is 0 Å². The summed E-state index contributed by atoms with van der Waals surface area (Å²) < 4.78 is 49.6. The molecule has 0 radical (unpaired) electrons. The second-order valence-electron chi connectivity index (χ2n) is 14.7. The molecule has 0 aromatic heterocycles. The van der Waals surface area contributed by atoms with Crippen LogP contribution in [0.1, 0.15) is 165 Å². The maximum absolute atomic E-state index is 6.04. The van der Waals surface area contributed by atoms with E-state index in [1.54, 1.807) is 49.8 Å². The van der Waals surface area contributed by atoms with Gasteiger partial charge in [-0.1, -0.05) is 150 Å². The molecule has 0 spiro atoms. The summed E-state index contributed by atoms with van der Waals surface area (Å²) in [5, 5.41) is 0. The Labute approximate surface area is 417 Å². The first kappa shape index (κ1) is 69.3. The van der Waals surface area contributed by atoms with E-state index in [4.69, 9.17) is 37.9 Å². The van der Waals surface area contributed by atoms with Crippen molar-refractivity contribution in [2.45, 2.75) is 155 Å². The van der Waals surface area contributed by atoms with Crippen molar-refractivity contribution in [1.29, 1.82) is 0 Å². The van der Waals surface area contributed by atoms with Crippen LogP contribution in [0, 0.1) is 0 Å². The largest absolute Gasteiger partial charge is 0.493 e. The van der Waals surface area contributed by atoms with Crippen molar-refractivity contribution in [1.82, 2.24) is 0 Å². The van der Waals surface area contributed by atoms with Crippen molar-refractivity contribution in [2.24, 2.45) is 0 Å². The van der Waals surface area contributed by atoms with Crippen LogP contribution in [-0.2, 0) is 14.2 Å². The molecule has 9 nitrogen and oxygen atoms in total. The minimum atomic E-state index is 0.0602. The van der Waals surface area contributed by atoms with E-state index in [0.29, 0.717) is 41.1 Å². The average Bonchev–Trinajstić information content (AvgIpc) is 3.37. The van der Waals surface area contributed by atoms with Crippen molar-refractivity contribution < 1.29 is 42.6 Å². The molecule has 3 rings (SSSR count). The molecule has 9 heteroatoms. The highest BCUT2D eigenvalue weighted by atomic mass is 16.5. The minimum Gasteiger partial charge on any atom is -0.493 e. The second-order valence-corrected chi connectivity index (χ2v) is 14.7. The molecule has 0 saturated carbocycles. The zero-order valence-electron chi connectivity index (χ0n) is 47.3. The first-order valence-corrected chi connectivity index (χ1v) is 24.6. The molecule has 0 aliphatic rings. The zero-order valence-corrected chi connectivity index (χ0v) is 47.3. The third-order valence-corrected chi connectivity index (χ3v) is 8.85. The van der Waals surface area contributed by atoms with E-state index in [-0.39, 0.29) is 12.2 Å². The van der Waals surface area contributed by atoms with Gasteiger partial charge in [-0.3, -0.25) is 0 Å². The van der Waals surface area contributed by atoms with E-state index in [1.807, 2.05) is 112 Å². The van der Waals surface area contributed by atoms with Crippen molar-refractivity contribution in [3.05, 3.63) is 106 Å². The number of rotatable bonds is 21. The number of ether oxygens (including phenoxy) is 9. The highest BCUT2D eigenvalue weighted by molar-refractivity contribution is 5.75. The van der Waals surface area contributed by atoms with Crippen LogP contribution in [-0.4, -0.2) is 68.6 Å². The average molecular weight is 951 g/mol. The third-order valence-electron chi connectivity index (χ3n) is 8.85. The summed E-state index contributed by atoms with van der Waals surface area (Å²) in [5.74, 6) is 5.41. The van der Waals surface area contributed by atoms with Crippen molar-refractivity contribution in [2.75, 3.05) is 56.4 Å². The molecule has 388 valence electrons. The molecule has 3 aromatic rings. The van der Waals surface area contributed by atoms with Gasteiger partial charge in [0.2, 0.25) is 11.5 Å². The van der Waals surface area contributed by atoms with E-state index in [0.717, 1.165) is 64.2 Å². The van der Waals surface area contributed by atoms with Crippen LogP contribution in [0.4, 0.5) is 0 Å². The summed E-state index contributed by atoms with van der Waals surface area (Å²) in [6.07, 6.45) is 15.7. The molecule has 0 fully saturated rings. The molecule has 0 saturated heterocycles. The summed E-state index contributed by atoms with van der Waals surface area (Å²) in [6.45, 7) is 37.1.